The molecular formula is C14H16N2O. The molecule has 0 spiro atoms. The molecule has 0 unspecified atom stereocenters. The number of rotatable bonds is 3. The third-order valence-electron chi connectivity index (χ3n) is 3.54. The summed E-state index contributed by atoms with van der Waals surface area (Å²) in [6, 6.07) is 4.07. The van der Waals surface area contributed by atoms with Gasteiger partial charge in [-0.1, -0.05) is 12.5 Å². The van der Waals surface area contributed by atoms with Crippen LogP contribution in [0.5, 0.6) is 0 Å². The van der Waals surface area contributed by atoms with Crippen molar-refractivity contribution < 1.29 is 4.79 Å². The van der Waals surface area contributed by atoms with Crippen LogP contribution in [0.4, 0.5) is 0 Å². The standard InChI is InChI=1S/C14H16N2O/c1-10(17)7-11-5-6-13-8-15-14(16(13)9-11)12-3-2-4-12/h5-6,8-9,12H,2-4,7H2,1H3. The van der Waals surface area contributed by atoms with Gasteiger partial charge in [0.2, 0.25) is 0 Å². The van der Waals surface area contributed by atoms with Crippen LogP contribution in [0, 0.1) is 0 Å². The maximum absolute atomic E-state index is 11.1. The van der Waals surface area contributed by atoms with Gasteiger partial charge in [0.1, 0.15) is 11.6 Å². The fraction of sp³-hybridized carbons (Fsp3) is 0.429. The molecule has 0 bridgehead atoms. The molecule has 1 saturated carbocycles. The monoisotopic (exact) mass is 228 g/mol. The van der Waals surface area contributed by atoms with Gasteiger partial charge >= 0.3 is 0 Å². The number of hydrogen-bond donors (Lipinski definition) is 0. The zero-order chi connectivity index (χ0) is 11.8. The first-order chi connectivity index (χ1) is 8.24. The smallest absolute Gasteiger partial charge is 0.134 e. The zero-order valence-electron chi connectivity index (χ0n) is 10.0. The minimum absolute atomic E-state index is 0.203. The molecule has 0 atom stereocenters. The summed E-state index contributed by atoms with van der Waals surface area (Å²) in [5.74, 6) is 1.98. The number of pyridine rings is 1. The Kier molecular flexibility index (Phi) is 2.46. The lowest BCUT2D eigenvalue weighted by Gasteiger charge is -2.24. The van der Waals surface area contributed by atoms with Crippen molar-refractivity contribution in [3.8, 4) is 0 Å². The topological polar surface area (TPSA) is 34.4 Å². The molecule has 0 N–H and O–H groups in total. The van der Waals surface area contributed by atoms with Gasteiger partial charge in [0.05, 0.1) is 11.7 Å². The van der Waals surface area contributed by atoms with Crippen LogP contribution in [0.15, 0.2) is 24.5 Å². The van der Waals surface area contributed by atoms with Gasteiger partial charge in [0.15, 0.2) is 0 Å². The first-order valence-electron chi connectivity index (χ1n) is 6.19. The van der Waals surface area contributed by atoms with Crippen LogP contribution < -0.4 is 0 Å². The largest absolute Gasteiger partial charge is 0.303 e. The van der Waals surface area contributed by atoms with Crippen molar-refractivity contribution in [3.05, 3.63) is 35.9 Å². The summed E-state index contributed by atoms with van der Waals surface area (Å²) in [7, 11) is 0. The minimum Gasteiger partial charge on any atom is -0.303 e. The molecule has 1 aliphatic rings. The van der Waals surface area contributed by atoms with Crippen LogP contribution in [0.3, 0.4) is 0 Å². The number of nitrogens with zero attached hydrogens (tertiary/aromatic N) is 2. The number of imidazole rings is 1. The average molecular weight is 228 g/mol. The SMILES string of the molecule is CC(=O)Cc1ccc2cnc(C3CCC3)n2c1. The Morgan fingerprint density at radius 3 is 2.94 bits per heavy atom. The molecule has 1 fully saturated rings. The molecule has 0 amide bonds. The number of Topliss-reactive ketones (excluding diaryl/α,β-unsaturated/α-hetero) is 1. The molecule has 0 radical (unpaired) electrons. The number of ketones is 1. The molecule has 2 aromatic heterocycles. The molecule has 3 rings (SSSR count). The lowest BCUT2D eigenvalue weighted by atomic mass is 9.85. The number of fused-ring (bicyclic) bond motifs is 1. The molecule has 3 heteroatoms. The highest BCUT2D eigenvalue weighted by Crippen LogP contribution is 2.35. The van der Waals surface area contributed by atoms with Crippen molar-refractivity contribution in [1.29, 1.82) is 0 Å². The van der Waals surface area contributed by atoms with Crippen LogP contribution in [0.25, 0.3) is 5.52 Å². The Balaban J connectivity index is 2.02. The highest BCUT2D eigenvalue weighted by Gasteiger charge is 2.23. The average Bonchev–Trinajstić information content (AvgIpc) is 2.58. The zero-order valence-corrected chi connectivity index (χ0v) is 10.0. The van der Waals surface area contributed by atoms with E-state index in [1.807, 2.05) is 18.3 Å². The lowest BCUT2D eigenvalue weighted by molar-refractivity contribution is -0.116. The predicted octanol–water partition coefficient (Wildman–Crippen LogP) is 2.73. The van der Waals surface area contributed by atoms with Gasteiger partial charge in [0.25, 0.3) is 0 Å². The summed E-state index contributed by atoms with van der Waals surface area (Å²) in [6.07, 6.45) is 8.31. The molecular weight excluding hydrogens is 212 g/mol. The van der Waals surface area contributed by atoms with E-state index in [0.717, 1.165) is 16.9 Å². The highest BCUT2D eigenvalue weighted by molar-refractivity contribution is 5.78. The fourth-order valence-electron chi connectivity index (χ4n) is 2.41. The Bertz CT molecular complexity index is 567. The summed E-state index contributed by atoms with van der Waals surface area (Å²) in [5, 5.41) is 0. The number of carbonyl (C=O) groups excluding carboxylic acids is 1. The van der Waals surface area contributed by atoms with Gasteiger partial charge in [-0.15, -0.1) is 0 Å². The van der Waals surface area contributed by atoms with Crippen LogP contribution in [-0.4, -0.2) is 15.2 Å². The molecule has 2 aromatic rings. The first-order valence-corrected chi connectivity index (χ1v) is 6.19. The van der Waals surface area contributed by atoms with E-state index in [9.17, 15) is 4.79 Å². The molecule has 0 aliphatic heterocycles. The Morgan fingerprint density at radius 1 is 1.47 bits per heavy atom. The van der Waals surface area contributed by atoms with Crippen LogP contribution in [-0.2, 0) is 11.2 Å². The summed E-state index contributed by atoms with van der Waals surface area (Å²) < 4.78 is 2.15. The van der Waals surface area contributed by atoms with Crippen molar-refractivity contribution in [1.82, 2.24) is 9.38 Å². The maximum Gasteiger partial charge on any atom is 0.134 e. The summed E-state index contributed by atoms with van der Waals surface area (Å²) in [5.41, 5.74) is 2.20. The van der Waals surface area contributed by atoms with E-state index in [0.29, 0.717) is 12.3 Å². The van der Waals surface area contributed by atoms with Crippen LogP contribution in [0.2, 0.25) is 0 Å². The van der Waals surface area contributed by atoms with E-state index in [2.05, 4.69) is 15.6 Å². The number of carbonyl (C=O) groups is 1. The van der Waals surface area contributed by atoms with Crippen molar-refractivity contribution in [2.75, 3.05) is 0 Å². The van der Waals surface area contributed by atoms with Gasteiger partial charge in [0, 0.05) is 18.5 Å². The molecule has 2 heterocycles. The third-order valence-corrected chi connectivity index (χ3v) is 3.54. The minimum atomic E-state index is 0.203. The fourth-order valence-corrected chi connectivity index (χ4v) is 2.41. The second-order valence-corrected chi connectivity index (χ2v) is 4.96. The summed E-state index contributed by atoms with van der Waals surface area (Å²) in [4.78, 5) is 15.7. The molecule has 3 nitrogen and oxygen atoms in total. The highest BCUT2D eigenvalue weighted by atomic mass is 16.1. The van der Waals surface area contributed by atoms with Gasteiger partial charge < -0.3 is 4.40 Å². The second-order valence-electron chi connectivity index (χ2n) is 4.96. The number of hydrogen-bond acceptors (Lipinski definition) is 2. The quantitative estimate of drug-likeness (QED) is 0.809. The normalized spacial score (nSPS) is 16.1. The molecule has 88 valence electrons. The van der Waals surface area contributed by atoms with E-state index in [1.165, 1.54) is 19.3 Å². The summed E-state index contributed by atoms with van der Waals surface area (Å²) >= 11 is 0. The van der Waals surface area contributed by atoms with E-state index in [1.54, 1.807) is 6.92 Å². The lowest BCUT2D eigenvalue weighted by Crippen LogP contribution is -2.12. The Hall–Kier alpha value is -1.64. The molecule has 17 heavy (non-hydrogen) atoms. The van der Waals surface area contributed by atoms with E-state index in [4.69, 9.17) is 0 Å². The first kappa shape index (κ1) is 10.5. The van der Waals surface area contributed by atoms with E-state index < -0.39 is 0 Å². The van der Waals surface area contributed by atoms with Crippen molar-refractivity contribution in [3.63, 3.8) is 0 Å². The van der Waals surface area contributed by atoms with Gasteiger partial charge in [-0.05, 0) is 31.4 Å². The van der Waals surface area contributed by atoms with Gasteiger partial charge in [-0.3, -0.25) is 4.79 Å². The number of aromatic nitrogens is 2. The van der Waals surface area contributed by atoms with Gasteiger partial charge in [-0.25, -0.2) is 4.98 Å². The molecule has 0 saturated heterocycles. The van der Waals surface area contributed by atoms with Crippen LogP contribution in [0.1, 0.15) is 43.5 Å². The predicted molar refractivity (Wildman–Crippen MR) is 66.2 cm³/mol. The van der Waals surface area contributed by atoms with E-state index >= 15 is 0 Å². The van der Waals surface area contributed by atoms with Crippen molar-refractivity contribution in [2.45, 2.75) is 38.5 Å². The van der Waals surface area contributed by atoms with Crippen molar-refractivity contribution >= 4 is 11.3 Å². The third kappa shape index (κ3) is 1.86. The molecule has 1 aliphatic carbocycles. The molecule has 0 aromatic carbocycles. The van der Waals surface area contributed by atoms with Gasteiger partial charge in [-0.2, -0.15) is 0 Å². The maximum atomic E-state index is 11.1. The Labute approximate surface area is 100 Å². The summed E-state index contributed by atoms with van der Waals surface area (Å²) in [6.45, 7) is 1.63. The van der Waals surface area contributed by atoms with E-state index in [-0.39, 0.29) is 5.78 Å². The van der Waals surface area contributed by atoms with Crippen molar-refractivity contribution in [2.24, 2.45) is 0 Å². The van der Waals surface area contributed by atoms with Crippen LogP contribution >= 0.6 is 0 Å². The Morgan fingerprint density at radius 2 is 2.29 bits per heavy atom. The second kappa shape index (κ2) is 3.99.